The number of nitrogens with one attached hydrogen (secondary N) is 1. The fourth-order valence-corrected chi connectivity index (χ4v) is 3.19. The first-order chi connectivity index (χ1) is 13.0. The minimum Gasteiger partial charge on any atom is -0.460 e. The largest absolute Gasteiger partial charge is 0.460 e. The predicted octanol–water partition coefficient (Wildman–Crippen LogP) is 2.40. The van der Waals surface area contributed by atoms with E-state index >= 15 is 0 Å². The van der Waals surface area contributed by atoms with E-state index in [9.17, 15) is 9.59 Å². The van der Waals surface area contributed by atoms with Gasteiger partial charge >= 0.3 is 0 Å². The lowest BCUT2D eigenvalue weighted by atomic mass is 10.1. The number of likely N-dealkylation sites (N-methyl/N-ethyl adjacent to an activating group) is 1. The second-order valence-electron chi connectivity index (χ2n) is 6.66. The van der Waals surface area contributed by atoms with Crippen LogP contribution in [-0.2, 0) is 4.79 Å². The summed E-state index contributed by atoms with van der Waals surface area (Å²) in [7, 11) is 1.74. The van der Waals surface area contributed by atoms with Crippen LogP contribution in [0.5, 0.6) is 0 Å². The van der Waals surface area contributed by atoms with Gasteiger partial charge in [-0.2, -0.15) is 5.10 Å². The van der Waals surface area contributed by atoms with Crippen molar-refractivity contribution in [1.82, 2.24) is 20.0 Å². The van der Waals surface area contributed by atoms with Crippen molar-refractivity contribution in [2.24, 2.45) is 0 Å². The Morgan fingerprint density at radius 3 is 2.63 bits per heavy atom. The molecule has 1 saturated heterocycles. The van der Waals surface area contributed by atoms with E-state index in [2.05, 4.69) is 10.4 Å². The molecule has 2 amide bonds. The first-order valence-corrected chi connectivity index (χ1v) is 8.80. The lowest BCUT2D eigenvalue weighted by molar-refractivity contribution is -0.128. The molecule has 2 aromatic heterocycles. The zero-order chi connectivity index (χ0) is 19.0. The molecule has 0 spiro atoms. The van der Waals surface area contributed by atoms with E-state index < -0.39 is 6.04 Å². The summed E-state index contributed by atoms with van der Waals surface area (Å²) in [4.78, 5) is 26.7. The Morgan fingerprint density at radius 2 is 2.00 bits per heavy atom. The van der Waals surface area contributed by atoms with Gasteiger partial charge in [0.05, 0.1) is 11.3 Å². The molecule has 7 nitrogen and oxygen atoms in total. The quantitative estimate of drug-likeness (QED) is 0.771. The SMILES string of the molecule is Cc1ccc(-c2nn(-c3ccccc3)cc2C(=O)NC2CCN(C)C2=O)o1. The highest BCUT2D eigenvalue weighted by atomic mass is 16.3. The van der Waals surface area contributed by atoms with Crippen molar-refractivity contribution in [1.29, 1.82) is 0 Å². The van der Waals surface area contributed by atoms with Crippen LogP contribution >= 0.6 is 0 Å². The molecule has 1 aliphatic rings. The Kier molecular flexibility index (Phi) is 4.27. The van der Waals surface area contributed by atoms with E-state index in [0.717, 1.165) is 11.4 Å². The lowest BCUT2D eigenvalue weighted by Crippen LogP contribution is -2.40. The summed E-state index contributed by atoms with van der Waals surface area (Å²) >= 11 is 0. The standard InChI is InChI=1S/C20H20N4O3/c1-13-8-9-17(27-13)18-15(12-24(22-18)14-6-4-3-5-7-14)19(25)21-16-10-11-23(2)20(16)26/h3-9,12,16H,10-11H2,1-2H3,(H,21,25). The second kappa shape index (κ2) is 6.75. The van der Waals surface area contributed by atoms with Crippen LogP contribution in [0.3, 0.4) is 0 Å². The maximum atomic E-state index is 12.9. The number of para-hydroxylation sites is 1. The molecule has 0 saturated carbocycles. The summed E-state index contributed by atoms with van der Waals surface area (Å²) in [5.41, 5.74) is 1.65. The van der Waals surface area contributed by atoms with Gasteiger partial charge in [-0.05, 0) is 37.6 Å². The van der Waals surface area contributed by atoms with Gasteiger partial charge in [-0.25, -0.2) is 4.68 Å². The highest BCUT2D eigenvalue weighted by Gasteiger charge is 2.32. The van der Waals surface area contributed by atoms with Crippen LogP contribution in [0.15, 0.2) is 53.1 Å². The first kappa shape index (κ1) is 17.1. The molecule has 4 rings (SSSR count). The molecular formula is C20H20N4O3. The Hall–Kier alpha value is -3.35. The predicted molar refractivity (Wildman–Crippen MR) is 99.5 cm³/mol. The molecule has 0 bridgehead atoms. The summed E-state index contributed by atoms with van der Waals surface area (Å²) in [5, 5.41) is 7.39. The van der Waals surface area contributed by atoms with Crippen molar-refractivity contribution in [3.8, 4) is 17.1 Å². The highest BCUT2D eigenvalue weighted by molar-refractivity contribution is 6.01. The summed E-state index contributed by atoms with van der Waals surface area (Å²) in [5.74, 6) is 0.837. The molecule has 27 heavy (non-hydrogen) atoms. The zero-order valence-electron chi connectivity index (χ0n) is 15.2. The minimum absolute atomic E-state index is 0.0748. The minimum atomic E-state index is -0.506. The Morgan fingerprint density at radius 1 is 1.22 bits per heavy atom. The van der Waals surface area contributed by atoms with Crippen LogP contribution in [0, 0.1) is 6.92 Å². The van der Waals surface area contributed by atoms with E-state index in [1.165, 1.54) is 0 Å². The van der Waals surface area contributed by atoms with Crippen molar-refractivity contribution in [3.05, 3.63) is 60.0 Å². The van der Waals surface area contributed by atoms with Crippen LogP contribution in [-0.4, -0.2) is 46.1 Å². The third-order valence-corrected chi connectivity index (χ3v) is 4.69. The van der Waals surface area contributed by atoms with Gasteiger partial charge in [-0.15, -0.1) is 0 Å². The number of benzene rings is 1. The van der Waals surface area contributed by atoms with Crippen molar-refractivity contribution >= 4 is 11.8 Å². The topological polar surface area (TPSA) is 80.4 Å². The zero-order valence-corrected chi connectivity index (χ0v) is 15.2. The monoisotopic (exact) mass is 364 g/mol. The molecule has 0 radical (unpaired) electrons. The molecule has 3 aromatic rings. The average molecular weight is 364 g/mol. The van der Waals surface area contributed by atoms with Gasteiger partial charge in [0.25, 0.3) is 5.91 Å². The summed E-state index contributed by atoms with van der Waals surface area (Å²) in [6.07, 6.45) is 2.27. The normalized spacial score (nSPS) is 16.7. The lowest BCUT2D eigenvalue weighted by Gasteiger charge is -2.11. The van der Waals surface area contributed by atoms with Crippen LogP contribution in [0.1, 0.15) is 22.5 Å². The van der Waals surface area contributed by atoms with Crippen molar-refractivity contribution < 1.29 is 14.0 Å². The number of amides is 2. The number of furan rings is 1. The molecule has 1 atom stereocenters. The number of aromatic nitrogens is 2. The van der Waals surface area contributed by atoms with Gasteiger partial charge in [0.2, 0.25) is 5.91 Å². The van der Waals surface area contributed by atoms with E-state index in [0.29, 0.717) is 30.0 Å². The molecule has 1 fully saturated rings. The van der Waals surface area contributed by atoms with Gasteiger partial charge in [0.15, 0.2) is 5.76 Å². The van der Waals surface area contributed by atoms with E-state index in [1.807, 2.05) is 43.3 Å². The van der Waals surface area contributed by atoms with Gasteiger partial charge in [0.1, 0.15) is 17.5 Å². The smallest absolute Gasteiger partial charge is 0.255 e. The van der Waals surface area contributed by atoms with Gasteiger partial charge in [0, 0.05) is 19.8 Å². The number of rotatable bonds is 4. The molecule has 0 aliphatic carbocycles. The van der Waals surface area contributed by atoms with Gasteiger partial charge in [-0.3, -0.25) is 9.59 Å². The van der Waals surface area contributed by atoms with Gasteiger partial charge in [-0.1, -0.05) is 18.2 Å². The number of nitrogens with zero attached hydrogens (tertiary/aromatic N) is 3. The summed E-state index contributed by atoms with van der Waals surface area (Å²) < 4.78 is 7.33. The van der Waals surface area contributed by atoms with Gasteiger partial charge < -0.3 is 14.6 Å². The number of hydrogen-bond acceptors (Lipinski definition) is 4. The Labute approximate surface area is 156 Å². The molecule has 1 N–H and O–H groups in total. The number of carbonyl (C=O) groups is 2. The van der Waals surface area contributed by atoms with Crippen LogP contribution in [0.4, 0.5) is 0 Å². The first-order valence-electron chi connectivity index (χ1n) is 8.80. The van der Waals surface area contributed by atoms with E-state index in [1.54, 1.807) is 28.9 Å². The molecule has 3 heterocycles. The molecule has 138 valence electrons. The average Bonchev–Trinajstić information content (AvgIpc) is 3.37. The van der Waals surface area contributed by atoms with E-state index in [4.69, 9.17) is 4.42 Å². The Balaban J connectivity index is 1.70. The molecule has 1 aromatic carbocycles. The van der Waals surface area contributed by atoms with Crippen LogP contribution in [0.2, 0.25) is 0 Å². The van der Waals surface area contributed by atoms with Crippen molar-refractivity contribution in [3.63, 3.8) is 0 Å². The van der Waals surface area contributed by atoms with Crippen molar-refractivity contribution in [2.75, 3.05) is 13.6 Å². The van der Waals surface area contributed by atoms with E-state index in [-0.39, 0.29) is 11.8 Å². The number of likely N-dealkylation sites (tertiary alicyclic amines) is 1. The molecule has 1 unspecified atom stereocenters. The third-order valence-electron chi connectivity index (χ3n) is 4.69. The summed E-state index contributed by atoms with van der Waals surface area (Å²) in [6.45, 7) is 2.47. The second-order valence-corrected chi connectivity index (χ2v) is 6.66. The highest BCUT2D eigenvalue weighted by Crippen LogP contribution is 2.26. The van der Waals surface area contributed by atoms with Crippen LogP contribution < -0.4 is 5.32 Å². The third kappa shape index (κ3) is 3.23. The van der Waals surface area contributed by atoms with Crippen molar-refractivity contribution in [2.45, 2.75) is 19.4 Å². The maximum Gasteiger partial charge on any atom is 0.255 e. The molecule has 1 aliphatic heterocycles. The number of hydrogen-bond donors (Lipinski definition) is 1. The number of carbonyl (C=O) groups excluding carboxylic acids is 2. The molecular weight excluding hydrogens is 344 g/mol. The molecule has 7 heteroatoms. The fourth-order valence-electron chi connectivity index (χ4n) is 3.19. The van der Waals surface area contributed by atoms with Crippen LogP contribution in [0.25, 0.3) is 17.1 Å². The maximum absolute atomic E-state index is 12.9. The fraction of sp³-hybridized carbons (Fsp3) is 0.250. The Bertz CT molecular complexity index is 990. The summed E-state index contributed by atoms with van der Waals surface area (Å²) in [6, 6.07) is 12.6. The number of aryl methyl sites for hydroxylation is 1.